The van der Waals surface area contributed by atoms with Crippen molar-refractivity contribution in [2.45, 2.75) is 39.2 Å². The number of methoxy groups -OCH3 is 1. The molecule has 0 spiro atoms. The van der Waals surface area contributed by atoms with Crippen LogP contribution < -0.4 is 5.73 Å². The zero-order valence-corrected chi connectivity index (χ0v) is 12.5. The van der Waals surface area contributed by atoms with Crippen molar-refractivity contribution in [1.82, 2.24) is 15.1 Å². The van der Waals surface area contributed by atoms with Crippen molar-refractivity contribution in [1.29, 1.82) is 0 Å². The summed E-state index contributed by atoms with van der Waals surface area (Å²) in [5.41, 5.74) is 7.63. The third kappa shape index (κ3) is 2.95. The molecule has 1 saturated carbocycles. The minimum Gasteiger partial charge on any atom is -0.395 e. The number of carbonyl (C=O) groups is 1. The van der Waals surface area contributed by atoms with Gasteiger partial charge >= 0.3 is 0 Å². The zero-order valence-electron chi connectivity index (χ0n) is 12.5. The molecule has 1 heterocycles. The number of hydrogen-bond acceptors (Lipinski definition) is 4. The number of nitrogen functional groups attached to an aromatic ring is 1. The molecule has 20 heavy (non-hydrogen) atoms. The molecule has 0 aliphatic heterocycles. The van der Waals surface area contributed by atoms with Crippen LogP contribution in [0.5, 0.6) is 0 Å². The highest BCUT2D eigenvalue weighted by Gasteiger charge is 2.35. The van der Waals surface area contributed by atoms with Gasteiger partial charge in [-0.15, -0.1) is 0 Å². The maximum atomic E-state index is 12.7. The van der Waals surface area contributed by atoms with E-state index in [9.17, 15) is 4.79 Å². The number of rotatable bonds is 7. The van der Waals surface area contributed by atoms with E-state index in [-0.39, 0.29) is 11.9 Å². The van der Waals surface area contributed by atoms with Crippen molar-refractivity contribution >= 4 is 11.6 Å². The van der Waals surface area contributed by atoms with E-state index in [1.54, 1.807) is 7.11 Å². The van der Waals surface area contributed by atoms with Gasteiger partial charge in [-0.1, -0.05) is 6.92 Å². The Kier molecular flexibility index (Phi) is 4.65. The van der Waals surface area contributed by atoms with Crippen LogP contribution in [0.3, 0.4) is 0 Å². The lowest BCUT2D eigenvalue weighted by atomic mass is 10.1. The number of nitrogens with two attached hydrogens (primary N) is 1. The first-order valence-electron chi connectivity index (χ1n) is 7.22. The molecule has 1 unspecified atom stereocenters. The van der Waals surface area contributed by atoms with Crippen LogP contribution in [0.15, 0.2) is 0 Å². The standard InChI is InChI=1S/C14H24N4O2/c1-4-11-12(15)13(17-16-11)14(19)18(7-8-20-3)9(2)10-5-6-10/h9-10H,4-8,15H2,1-3H3,(H,16,17). The molecule has 0 bridgehead atoms. The van der Waals surface area contributed by atoms with E-state index < -0.39 is 0 Å². The lowest BCUT2D eigenvalue weighted by molar-refractivity contribution is 0.0590. The first-order valence-corrected chi connectivity index (χ1v) is 7.22. The molecule has 1 aliphatic rings. The van der Waals surface area contributed by atoms with Crippen molar-refractivity contribution in [3.8, 4) is 0 Å². The van der Waals surface area contributed by atoms with Crippen molar-refractivity contribution in [3.63, 3.8) is 0 Å². The molecule has 0 aromatic carbocycles. The van der Waals surface area contributed by atoms with E-state index in [2.05, 4.69) is 17.1 Å². The Morgan fingerprint density at radius 1 is 1.60 bits per heavy atom. The van der Waals surface area contributed by atoms with Crippen LogP contribution >= 0.6 is 0 Å². The predicted molar refractivity (Wildman–Crippen MR) is 77.5 cm³/mol. The van der Waals surface area contributed by atoms with E-state index >= 15 is 0 Å². The minimum absolute atomic E-state index is 0.102. The summed E-state index contributed by atoms with van der Waals surface area (Å²) in [6.07, 6.45) is 3.12. The van der Waals surface area contributed by atoms with E-state index in [1.807, 2.05) is 11.8 Å². The Morgan fingerprint density at radius 2 is 2.30 bits per heavy atom. The molecule has 1 fully saturated rings. The second-order valence-corrected chi connectivity index (χ2v) is 5.39. The summed E-state index contributed by atoms with van der Waals surface area (Å²) in [4.78, 5) is 14.5. The number of aryl methyl sites for hydroxylation is 1. The van der Waals surface area contributed by atoms with Gasteiger partial charge in [-0.25, -0.2) is 0 Å². The molecule has 6 heteroatoms. The predicted octanol–water partition coefficient (Wildman–Crippen LogP) is 1.44. The second kappa shape index (κ2) is 6.26. The number of aromatic amines is 1. The summed E-state index contributed by atoms with van der Waals surface area (Å²) >= 11 is 0. The number of carbonyl (C=O) groups excluding carboxylic acids is 1. The van der Waals surface area contributed by atoms with Gasteiger partial charge in [0, 0.05) is 19.7 Å². The molecule has 0 saturated heterocycles. The fraction of sp³-hybridized carbons (Fsp3) is 0.714. The smallest absolute Gasteiger partial charge is 0.276 e. The summed E-state index contributed by atoms with van der Waals surface area (Å²) in [6.45, 7) is 5.16. The number of amides is 1. The van der Waals surface area contributed by atoms with Crippen LogP contribution in [0, 0.1) is 5.92 Å². The van der Waals surface area contributed by atoms with Crippen molar-refractivity contribution < 1.29 is 9.53 Å². The summed E-state index contributed by atoms with van der Waals surface area (Å²) in [6, 6.07) is 0.207. The quantitative estimate of drug-likeness (QED) is 0.791. The zero-order chi connectivity index (χ0) is 14.7. The Balaban J connectivity index is 2.17. The van der Waals surface area contributed by atoms with Crippen LogP contribution in [-0.2, 0) is 11.2 Å². The summed E-state index contributed by atoms with van der Waals surface area (Å²) in [5, 5.41) is 6.94. The molecule has 1 aromatic rings. The molecule has 1 amide bonds. The van der Waals surface area contributed by atoms with Gasteiger partial charge in [0.15, 0.2) is 5.69 Å². The van der Waals surface area contributed by atoms with Crippen molar-refractivity contribution in [2.24, 2.45) is 5.92 Å². The lowest BCUT2D eigenvalue weighted by Crippen LogP contribution is -2.42. The van der Waals surface area contributed by atoms with Gasteiger partial charge in [0.2, 0.25) is 0 Å². The number of H-pyrrole nitrogens is 1. The van der Waals surface area contributed by atoms with Crippen LogP contribution in [-0.4, -0.2) is 47.3 Å². The first-order chi connectivity index (χ1) is 9.60. The Hall–Kier alpha value is -1.56. The Bertz CT molecular complexity index is 468. The lowest BCUT2D eigenvalue weighted by Gasteiger charge is -2.28. The number of aromatic nitrogens is 2. The molecule has 0 radical (unpaired) electrons. The van der Waals surface area contributed by atoms with E-state index in [1.165, 1.54) is 12.8 Å². The van der Waals surface area contributed by atoms with Crippen LogP contribution in [0.4, 0.5) is 5.69 Å². The SMILES string of the molecule is CCc1[nH]nc(C(=O)N(CCOC)C(C)C2CC2)c1N. The molecule has 112 valence electrons. The Labute approximate surface area is 119 Å². The highest BCUT2D eigenvalue weighted by atomic mass is 16.5. The normalized spacial score (nSPS) is 16.1. The van der Waals surface area contributed by atoms with Gasteiger partial charge < -0.3 is 15.4 Å². The third-order valence-corrected chi connectivity index (χ3v) is 4.03. The van der Waals surface area contributed by atoms with E-state index in [0.29, 0.717) is 30.5 Å². The number of nitrogens with zero attached hydrogens (tertiary/aromatic N) is 2. The van der Waals surface area contributed by atoms with Gasteiger partial charge in [0.1, 0.15) is 0 Å². The number of ether oxygens (including phenoxy) is 1. The number of nitrogens with one attached hydrogen (secondary N) is 1. The molecule has 1 aromatic heterocycles. The number of anilines is 1. The highest BCUT2D eigenvalue weighted by molar-refractivity contribution is 5.97. The topological polar surface area (TPSA) is 84.2 Å². The number of hydrogen-bond donors (Lipinski definition) is 2. The van der Waals surface area contributed by atoms with Gasteiger partial charge in [0.25, 0.3) is 5.91 Å². The molecule has 1 atom stereocenters. The molecule has 6 nitrogen and oxygen atoms in total. The largest absolute Gasteiger partial charge is 0.395 e. The Morgan fingerprint density at radius 3 is 2.80 bits per heavy atom. The molecule has 2 rings (SSSR count). The van der Waals surface area contributed by atoms with Crippen LogP contribution in [0.1, 0.15) is 42.9 Å². The van der Waals surface area contributed by atoms with Crippen LogP contribution in [0.25, 0.3) is 0 Å². The minimum atomic E-state index is -0.102. The first kappa shape index (κ1) is 14.8. The fourth-order valence-corrected chi connectivity index (χ4v) is 2.47. The van der Waals surface area contributed by atoms with E-state index in [4.69, 9.17) is 10.5 Å². The molecular formula is C14H24N4O2. The van der Waals surface area contributed by atoms with Gasteiger partial charge in [-0.05, 0) is 32.1 Å². The maximum Gasteiger partial charge on any atom is 0.276 e. The fourth-order valence-electron chi connectivity index (χ4n) is 2.47. The summed E-state index contributed by atoms with van der Waals surface area (Å²) in [5.74, 6) is 0.497. The molecule has 1 aliphatic carbocycles. The van der Waals surface area contributed by atoms with Crippen molar-refractivity contribution in [2.75, 3.05) is 26.0 Å². The van der Waals surface area contributed by atoms with Gasteiger partial charge in [-0.2, -0.15) is 5.10 Å². The average molecular weight is 280 g/mol. The average Bonchev–Trinajstić information content (AvgIpc) is 3.22. The second-order valence-electron chi connectivity index (χ2n) is 5.39. The summed E-state index contributed by atoms with van der Waals surface area (Å²) in [7, 11) is 1.64. The molecular weight excluding hydrogens is 256 g/mol. The highest BCUT2D eigenvalue weighted by Crippen LogP contribution is 2.35. The van der Waals surface area contributed by atoms with E-state index in [0.717, 1.165) is 12.1 Å². The monoisotopic (exact) mass is 280 g/mol. The maximum absolute atomic E-state index is 12.7. The van der Waals surface area contributed by atoms with Crippen molar-refractivity contribution in [3.05, 3.63) is 11.4 Å². The van der Waals surface area contributed by atoms with Crippen LogP contribution in [0.2, 0.25) is 0 Å². The summed E-state index contributed by atoms with van der Waals surface area (Å²) < 4.78 is 5.11. The molecule has 3 N–H and O–H groups in total. The van der Waals surface area contributed by atoms with Gasteiger partial charge in [0.05, 0.1) is 18.0 Å². The van der Waals surface area contributed by atoms with Gasteiger partial charge in [-0.3, -0.25) is 9.89 Å². The third-order valence-electron chi connectivity index (χ3n) is 4.03.